The van der Waals surface area contributed by atoms with Crippen molar-refractivity contribution < 1.29 is 13.2 Å². The minimum absolute atomic E-state index is 0.0166. The van der Waals surface area contributed by atoms with E-state index in [-0.39, 0.29) is 31.3 Å². The van der Waals surface area contributed by atoms with Gasteiger partial charge in [0.15, 0.2) is 5.25 Å². The molecule has 104 valence electrons. The number of hydrogen-bond acceptors (Lipinski definition) is 4. The Morgan fingerprint density at radius 3 is 2.39 bits per heavy atom. The van der Waals surface area contributed by atoms with Gasteiger partial charge in [0.1, 0.15) is 0 Å². The van der Waals surface area contributed by atoms with Crippen molar-refractivity contribution >= 4 is 15.9 Å². The first kappa shape index (κ1) is 16.9. The predicted molar refractivity (Wildman–Crippen MR) is 69.1 cm³/mol. The van der Waals surface area contributed by atoms with Gasteiger partial charge in [-0.05, 0) is 19.8 Å². The number of amides is 1. The number of sulfonamides is 1. The minimum atomic E-state index is -3.64. The molecule has 0 aromatic carbocycles. The molecule has 0 heterocycles. The summed E-state index contributed by atoms with van der Waals surface area (Å²) in [6.45, 7) is 5.48. The maximum absolute atomic E-state index is 11.6. The molecule has 0 aromatic rings. The Hall–Kier alpha value is -1.13. The van der Waals surface area contributed by atoms with E-state index in [9.17, 15) is 13.2 Å². The lowest BCUT2D eigenvalue weighted by atomic mass is 10.2. The Kier molecular flexibility index (Phi) is 7.55. The summed E-state index contributed by atoms with van der Waals surface area (Å²) < 4.78 is 25.4. The molecule has 0 saturated heterocycles. The Morgan fingerprint density at radius 1 is 1.33 bits per heavy atom. The summed E-state index contributed by atoms with van der Waals surface area (Å²) in [5, 5.41) is 10.3. The van der Waals surface area contributed by atoms with Crippen LogP contribution < -0.4 is 10.0 Å². The highest BCUT2D eigenvalue weighted by molar-refractivity contribution is 7.90. The summed E-state index contributed by atoms with van der Waals surface area (Å²) in [4.78, 5) is 11.4. The molecular formula is C11H21N3O3S. The summed E-state index contributed by atoms with van der Waals surface area (Å²) in [5.41, 5.74) is 0. The Balaban J connectivity index is 4.12. The largest absolute Gasteiger partial charge is 0.354 e. The van der Waals surface area contributed by atoms with Crippen LogP contribution in [-0.2, 0) is 14.8 Å². The van der Waals surface area contributed by atoms with Crippen LogP contribution in [0.3, 0.4) is 0 Å². The van der Waals surface area contributed by atoms with Gasteiger partial charge in [0.25, 0.3) is 0 Å². The molecule has 2 atom stereocenters. The second-order valence-corrected chi connectivity index (χ2v) is 6.04. The van der Waals surface area contributed by atoms with E-state index in [1.807, 2.05) is 13.8 Å². The van der Waals surface area contributed by atoms with Crippen LogP contribution in [0.2, 0.25) is 0 Å². The highest BCUT2D eigenvalue weighted by Gasteiger charge is 2.22. The second kappa shape index (κ2) is 8.06. The molecule has 0 aromatic heterocycles. The van der Waals surface area contributed by atoms with Crippen molar-refractivity contribution in [2.45, 2.75) is 51.3 Å². The maximum atomic E-state index is 11.6. The summed E-state index contributed by atoms with van der Waals surface area (Å²) in [6.07, 6.45) is 1.13. The van der Waals surface area contributed by atoms with Crippen molar-refractivity contribution in [1.82, 2.24) is 10.0 Å². The van der Waals surface area contributed by atoms with E-state index in [1.54, 1.807) is 13.0 Å². The van der Waals surface area contributed by atoms with Crippen molar-refractivity contribution in [3.05, 3.63) is 0 Å². The normalized spacial score (nSPS) is 14.6. The number of hydrogen-bond donors (Lipinski definition) is 2. The molecule has 0 aliphatic rings. The summed E-state index contributed by atoms with van der Waals surface area (Å²) in [7, 11) is -3.64. The molecule has 0 radical (unpaired) electrons. The molecule has 2 N–H and O–H groups in total. The number of rotatable bonds is 8. The van der Waals surface area contributed by atoms with Crippen LogP contribution in [0.25, 0.3) is 0 Å². The average molecular weight is 275 g/mol. The van der Waals surface area contributed by atoms with Crippen LogP contribution in [0, 0.1) is 11.3 Å². The van der Waals surface area contributed by atoms with Crippen LogP contribution in [0.15, 0.2) is 0 Å². The SMILES string of the molecule is CCC(C)NC(=O)CCNS(=O)(=O)C(C#N)CC. The first-order chi connectivity index (χ1) is 8.37. The molecule has 1 amide bonds. The van der Waals surface area contributed by atoms with Crippen molar-refractivity contribution in [3.8, 4) is 6.07 Å². The number of carbonyl (C=O) groups excluding carboxylic acids is 1. The maximum Gasteiger partial charge on any atom is 0.227 e. The standard InChI is InChI=1S/C11H21N3O3S/c1-4-9(3)14-11(15)6-7-13-18(16,17)10(5-2)8-12/h9-10,13H,4-7H2,1-3H3,(H,14,15). The van der Waals surface area contributed by atoms with Gasteiger partial charge in [0.2, 0.25) is 15.9 Å². The van der Waals surface area contributed by atoms with E-state index in [4.69, 9.17) is 5.26 Å². The topological polar surface area (TPSA) is 99.1 Å². The monoisotopic (exact) mass is 275 g/mol. The van der Waals surface area contributed by atoms with Gasteiger partial charge >= 0.3 is 0 Å². The van der Waals surface area contributed by atoms with Gasteiger partial charge in [-0.15, -0.1) is 0 Å². The lowest BCUT2D eigenvalue weighted by molar-refractivity contribution is -0.121. The van der Waals surface area contributed by atoms with Crippen LogP contribution >= 0.6 is 0 Å². The molecule has 0 rings (SSSR count). The number of nitrogens with zero attached hydrogens (tertiary/aromatic N) is 1. The number of nitrogens with one attached hydrogen (secondary N) is 2. The van der Waals surface area contributed by atoms with Gasteiger partial charge in [-0.3, -0.25) is 4.79 Å². The van der Waals surface area contributed by atoms with Gasteiger partial charge in [-0.25, -0.2) is 13.1 Å². The fraction of sp³-hybridized carbons (Fsp3) is 0.818. The minimum Gasteiger partial charge on any atom is -0.354 e. The average Bonchev–Trinajstić information content (AvgIpc) is 2.29. The van der Waals surface area contributed by atoms with Crippen LogP contribution in [-0.4, -0.2) is 32.2 Å². The molecule has 0 spiro atoms. The van der Waals surface area contributed by atoms with E-state index >= 15 is 0 Å². The second-order valence-electron chi connectivity index (χ2n) is 4.09. The van der Waals surface area contributed by atoms with Crippen LogP contribution in [0.5, 0.6) is 0 Å². The zero-order valence-electron chi connectivity index (χ0n) is 11.1. The van der Waals surface area contributed by atoms with Gasteiger partial charge in [0.05, 0.1) is 6.07 Å². The molecule has 18 heavy (non-hydrogen) atoms. The van der Waals surface area contributed by atoms with E-state index in [1.165, 1.54) is 0 Å². The Morgan fingerprint density at radius 2 is 1.94 bits per heavy atom. The molecule has 6 nitrogen and oxygen atoms in total. The van der Waals surface area contributed by atoms with Crippen molar-refractivity contribution in [2.75, 3.05) is 6.54 Å². The summed E-state index contributed by atoms with van der Waals surface area (Å²) in [6, 6.07) is 1.80. The third-order valence-electron chi connectivity index (χ3n) is 2.56. The van der Waals surface area contributed by atoms with Crippen LogP contribution in [0.4, 0.5) is 0 Å². The Bertz CT molecular complexity index is 400. The zero-order chi connectivity index (χ0) is 14.2. The van der Waals surface area contributed by atoms with E-state index < -0.39 is 15.3 Å². The third kappa shape index (κ3) is 5.98. The fourth-order valence-corrected chi connectivity index (χ4v) is 2.40. The number of nitriles is 1. The van der Waals surface area contributed by atoms with Gasteiger partial charge in [0, 0.05) is 19.0 Å². The van der Waals surface area contributed by atoms with E-state index in [0.29, 0.717) is 0 Å². The lowest BCUT2D eigenvalue weighted by Gasteiger charge is -2.12. The molecule has 2 unspecified atom stereocenters. The van der Waals surface area contributed by atoms with Crippen molar-refractivity contribution in [1.29, 1.82) is 5.26 Å². The smallest absolute Gasteiger partial charge is 0.227 e. The first-order valence-electron chi connectivity index (χ1n) is 6.04. The molecule has 0 aliphatic carbocycles. The summed E-state index contributed by atoms with van der Waals surface area (Å²) >= 11 is 0. The summed E-state index contributed by atoms with van der Waals surface area (Å²) in [5.74, 6) is -0.197. The molecule has 0 aliphatic heterocycles. The molecule has 0 saturated carbocycles. The third-order valence-corrected chi connectivity index (χ3v) is 4.36. The quantitative estimate of drug-likeness (QED) is 0.674. The number of carbonyl (C=O) groups is 1. The van der Waals surface area contributed by atoms with Gasteiger partial charge < -0.3 is 5.32 Å². The molecular weight excluding hydrogens is 254 g/mol. The van der Waals surface area contributed by atoms with E-state index in [2.05, 4.69) is 10.0 Å². The highest BCUT2D eigenvalue weighted by atomic mass is 32.2. The first-order valence-corrected chi connectivity index (χ1v) is 7.59. The molecule has 0 bridgehead atoms. The highest BCUT2D eigenvalue weighted by Crippen LogP contribution is 2.02. The van der Waals surface area contributed by atoms with Crippen molar-refractivity contribution in [2.24, 2.45) is 0 Å². The van der Waals surface area contributed by atoms with Gasteiger partial charge in [-0.1, -0.05) is 13.8 Å². The van der Waals surface area contributed by atoms with Crippen LogP contribution in [0.1, 0.15) is 40.0 Å². The lowest BCUT2D eigenvalue weighted by Crippen LogP contribution is -2.37. The van der Waals surface area contributed by atoms with Gasteiger partial charge in [-0.2, -0.15) is 5.26 Å². The Labute approximate surface area is 109 Å². The van der Waals surface area contributed by atoms with E-state index in [0.717, 1.165) is 6.42 Å². The predicted octanol–water partition coefficient (Wildman–Crippen LogP) is 0.513. The molecule has 0 fully saturated rings. The fourth-order valence-electron chi connectivity index (χ4n) is 1.24. The zero-order valence-corrected chi connectivity index (χ0v) is 11.9. The van der Waals surface area contributed by atoms with Crippen molar-refractivity contribution in [3.63, 3.8) is 0 Å². The molecule has 7 heteroatoms.